The summed E-state index contributed by atoms with van der Waals surface area (Å²) in [7, 11) is 1.36. The number of piperidine rings is 1. The average molecular weight is 548 g/mol. The predicted molar refractivity (Wildman–Crippen MR) is 143 cm³/mol. The van der Waals surface area contributed by atoms with E-state index >= 15 is 0 Å². The van der Waals surface area contributed by atoms with Gasteiger partial charge in [0, 0.05) is 55.2 Å². The number of carbonyl (C=O) groups is 1. The number of aromatic nitrogens is 3. The molecule has 3 fully saturated rings. The van der Waals surface area contributed by atoms with Crippen molar-refractivity contribution in [3.8, 4) is 0 Å². The Balaban J connectivity index is 1.34. The number of halogens is 1. The molecular weight excluding hydrogens is 514 g/mol. The second-order valence-electron chi connectivity index (χ2n) is 10.9. The molecule has 3 saturated heterocycles. The molecule has 0 radical (unpaired) electrons. The quantitative estimate of drug-likeness (QED) is 0.535. The number of hydrogen-bond donors (Lipinski definition) is 1. The maximum atomic E-state index is 12.7. The molecule has 0 saturated carbocycles. The van der Waals surface area contributed by atoms with Crippen LogP contribution in [0, 0.1) is 17.3 Å². The fraction of sp³-hybridized carbons (Fsp3) is 0.615. The summed E-state index contributed by atoms with van der Waals surface area (Å²) >= 11 is 8.07. The summed E-state index contributed by atoms with van der Waals surface area (Å²) in [4.78, 5) is 31.4. The molecule has 0 amide bonds. The Kier molecular flexibility index (Phi) is 7.30. The highest BCUT2D eigenvalue weighted by atomic mass is 35.5. The average Bonchev–Trinajstić information content (AvgIpc) is 3.19. The lowest BCUT2D eigenvalue weighted by molar-refractivity contribution is 0.00437. The van der Waals surface area contributed by atoms with Gasteiger partial charge in [0.25, 0.3) is 0 Å². The first-order valence-corrected chi connectivity index (χ1v) is 13.9. The first-order valence-electron chi connectivity index (χ1n) is 12.7. The molecule has 5 rings (SSSR count). The van der Waals surface area contributed by atoms with E-state index in [0.717, 1.165) is 44.0 Å². The Labute approximate surface area is 226 Å². The van der Waals surface area contributed by atoms with Crippen molar-refractivity contribution in [1.82, 2.24) is 15.0 Å². The molecule has 0 aliphatic carbocycles. The van der Waals surface area contributed by atoms with Crippen molar-refractivity contribution in [3.63, 3.8) is 0 Å². The molecule has 11 heteroatoms. The fourth-order valence-electron chi connectivity index (χ4n) is 5.37. The van der Waals surface area contributed by atoms with Gasteiger partial charge in [-0.15, -0.1) is 0 Å². The minimum Gasteiger partial charge on any atom is -0.464 e. The van der Waals surface area contributed by atoms with Crippen molar-refractivity contribution in [3.05, 3.63) is 29.2 Å². The lowest BCUT2D eigenvalue weighted by Crippen LogP contribution is -2.56. The van der Waals surface area contributed by atoms with Crippen molar-refractivity contribution in [2.24, 2.45) is 17.3 Å². The summed E-state index contributed by atoms with van der Waals surface area (Å²) in [5, 5.41) is 11.3. The third-order valence-electron chi connectivity index (χ3n) is 8.20. The summed E-state index contributed by atoms with van der Waals surface area (Å²) in [6.45, 7) is 10.5. The number of anilines is 2. The highest BCUT2D eigenvalue weighted by Crippen LogP contribution is 2.44. The van der Waals surface area contributed by atoms with Crippen LogP contribution in [0.3, 0.4) is 0 Å². The largest absolute Gasteiger partial charge is 0.464 e. The number of esters is 1. The van der Waals surface area contributed by atoms with Crippen molar-refractivity contribution in [2.45, 2.75) is 49.1 Å². The van der Waals surface area contributed by atoms with Crippen LogP contribution in [0.4, 0.5) is 11.6 Å². The van der Waals surface area contributed by atoms with E-state index in [2.05, 4.69) is 31.7 Å². The third kappa shape index (κ3) is 5.13. The van der Waals surface area contributed by atoms with Crippen LogP contribution in [0.15, 0.2) is 28.4 Å². The Morgan fingerprint density at radius 1 is 1.24 bits per heavy atom. The van der Waals surface area contributed by atoms with Crippen LogP contribution in [-0.2, 0) is 9.47 Å². The number of rotatable bonds is 6. The van der Waals surface area contributed by atoms with Crippen LogP contribution < -0.4 is 9.80 Å². The molecule has 5 heterocycles. The standard InChI is InChI=1S/C26H34ClN5O4S/c1-16-14-36-15-26(16)6-9-31(10-7-26)23-21(24(33)35-4)30-19(11-29-23)37-18-5-8-28-22(20(18)27)32-12-17(13-32)25(2,3)34/h5,8,11,16-17,34H,6-7,9-10,12-15H2,1-4H3/t16-/m1/s1. The van der Waals surface area contributed by atoms with E-state index in [-0.39, 0.29) is 17.0 Å². The normalized spacial score (nSPS) is 21.8. The zero-order valence-corrected chi connectivity index (χ0v) is 23.3. The summed E-state index contributed by atoms with van der Waals surface area (Å²) < 4.78 is 10.8. The maximum Gasteiger partial charge on any atom is 0.360 e. The Morgan fingerprint density at radius 2 is 1.97 bits per heavy atom. The minimum atomic E-state index is -0.741. The van der Waals surface area contributed by atoms with Gasteiger partial charge in [-0.05, 0) is 38.7 Å². The lowest BCUT2D eigenvalue weighted by atomic mass is 9.72. The number of pyridine rings is 1. The highest BCUT2D eigenvalue weighted by molar-refractivity contribution is 7.99. The molecule has 1 atom stereocenters. The molecule has 2 aromatic heterocycles. The molecule has 3 aliphatic heterocycles. The molecule has 1 N–H and O–H groups in total. The SMILES string of the molecule is COC(=O)c1nc(Sc2ccnc(N3CC(C(C)(C)O)C3)c2Cl)cnc1N1CCC2(CC1)COC[C@H]2C. The fourth-order valence-corrected chi connectivity index (χ4v) is 6.49. The molecule has 1 spiro atoms. The van der Waals surface area contributed by atoms with E-state index in [1.165, 1.54) is 18.9 Å². The van der Waals surface area contributed by atoms with Gasteiger partial charge in [0.15, 0.2) is 11.5 Å². The van der Waals surface area contributed by atoms with Gasteiger partial charge in [-0.2, -0.15) is 0 Å². The van der Waals surface area contributed by atoms with Gasteiger partial charge in [-0.25, -0.2) is 19.7 Å². The van der Waals surface area contributed by atoms with Crippen LogP contribution in [0.25, 0.3) is 0 Å². The summed E-state index contributed by atoms with van der Waals surface area (Å²) in [6.07, 6.45) is 5.38. The van der Waals surface area contributed by atoms with Crippen LogP contribution in [-0.4, -0.2) is 78.1 Å². The number of nitrogens with zero attached hydrogens (tertiary/aromatic N) is 5. The second kappa shape index (κ2) is 10.2. The smallest absolute Gasteiger partial charge is 0.360 e. The number of carbonyl (C=O) groups excluding carboxylic acids is 1. The molecule has 9 nitrogen and oxygen atoms in total. The monoisotopic (exact) mass is 547 g/mol. The second-order valence-corrected chi connectivity index (χ2v) is 12.4. The molecular formula is C26H34ClN5O4S. The van der Waals surface area contributed by atoms with Crippen molar-refractivity contribution >= 4 is 41.0 Å². The van der Waals surface area contributed by atoms with E-state index in [9.17, 15) is 9.90 Å². The van der Waals surface area contributed by atoms with Gasteiger partial charge < -0.3 is 24.4 Å². The van der Waals surface area contributed by atoms with E-state index < -0.39 is 11.6 Å². The molecule has 0 unspecified atom stereocenters. The number of methoxy groups -OCH3 is 1. The Morgan fingerprint density at radius 3 is 2.59 bits per heavy atom. The van der Waals surface area contributed by atoms with Crippen LogP contribution in [0.1, 0.15) is 44.1 Å². The minimum absolute atomic E-state index is 0.164. The lowest BCUT2D eigenvalue weighted by Gasteiger charge is -2.46. The van der Waals surface area contributed by atoms with E-state index in [1.54, 1.807) is 12.4 Å². The predicted octanol–water partition coefficient (Wildman–Crippen LogP) is 3.92. The van der Waals surface area contributed by atoms with Gasteiger partial charge in [0.1, 0.15) is 10.8 Å². The van der Waals surface area contributed by atoms with E-state index in [4.69, 9.17) is 21.1 Å². The topological polar surface area (TPSA) is 101 Å². The van der Waals surface area contributed by atoms with Crippen molar-refractivity contribution < 1.29 is 19.4 Å². The number of hydrogen-bond acceptors (Lipinski definition) is 10. The highest BCUT2D eigenvalue weighted by Gasteiger charge is 2.44. The van der Waals surface area contributed by atoms with Crippen LogP contribution in [0.2, 0.25) is 5.02 Å². The summed E-state index contributed by atoms with van der Waals surface area (Å²) in [5.74, 6) is 1.42. The molecule has 0 bridgehead atoms. The van der Waals surface area contributed by atoms with Gasteiger partial charge in [-0.1, -0.05) is 30.3 Å². The van der Waals surface area contributed by atoms with Crippen molar-refractivity contribution in [2.75, 3.05) is 56.3 Å². The van der Waals surface area contributed by atoms with E-state index in [1.807, 2.05) is 19.9 Å². The van der Waals surface area contributed by atoms with Crippen LogP contribution in [0.5, 0.6) is 0 Å². The molecule has 3 aliphatic rings. The Bertz CT molecular complexity index is 1160. The first kappa shape index (κ1) is 26.5. The van der Waals surface area contributed by atoms with Crippen molar-refractivity contribution in [1.29, 1.82) is 0 Å². The van der Waals surface area contributed by atoms with Gasteiger partial charge >= 0.3 is 5.97 Å². The first-order chi connectivity index (χ1) is 17.6. The van der Waals surface area contributed by atoms with Crippen LogP contribution >= 0.6 is 23.4 Å². The number of aliphatic hydroxyl groups is 1. The zero-order chi connectivity index (χ0) is 26.4. The van der Waals surface area contributed by atoms with Gasteiger partial charge in [-0.3, -0.25) is 0 Å². The number of ether oxygens (including phenoxy) is 2. The van der Waals surface area contributed by atoms with Gasteiger partial charge in [0.05, 0.1) is 30.5 Å². The summed E-state index contributed by atoms with van der Waals surface area (Å²) in [6, 6.07) is 1.83. The zero-order valence-electron chi connectivity index (χ0n) is 21.7. The Hall–Kier alpha value is -2.14. The molecule has 2 aromatic rings. The van der Waals surface area contributed by atoms with E-state index in [0.29, 0.717) is 40.7 Å². The van der Waals surface area contributed by atoms with Gasteiger partial charge in [0.2, 0.25) is 0 Å². The summed E-state index contributed by atoms with van der Waals surface area (Å²) in [5.41, 5.74) is -0.320. The maximum absolute atomic E-state index is 12.7. The molecule has 37 heavy (non-hydrogen) atoms. The third-order valence-corrected chi connectivity index (χ3v) is 9.65. The molecule has 200 valence electrons. The molecule has 0 aromatic carbocycles.